The summed E-state index contributed by atoms with van der Waals surface area (Å²) in [6.45, 7) is 6.29. The lowest BCUT2D eigenvalue weighted by Gasteiger charge is -2.44. The highest BCUT2D eigenvalue weighted by Gasteiger charge is 2.46. The highest BCUT2D eigenvalue weighted by atomic mass is 32.1. The maximum absolute atomic E-state index is 14.2. The quantitative estimate of drug-likeness (QED) is 0.395. The fraction of sp³-hybridized carbons (Fsp3) is 0.379. The topological polar surface area (TPSA) is 43.9 Å². The van der Waals surface area contributed by atoms with Gasteiger partial charge in [0.2, 0.25) is 5.91 Å². The minimum atomic E-state index is -4.40. The van der Waals surface area contributed by atoms with E-state index in [0.717, 1.165) is 22.6 Å². The Morgan fingerprint density at radius 3 is 2.39 bits per heavy atom. The highest BCUT2D eigenvalue weighted by Crippen LogP contribution is 2.45. The molecule has 0 bridgehead atoms. The van der Waals surface area contributed by atoms with Gasteiger partial charge in [0.1, 0.15) is 0 Å². The van der Waals surface area contributed by atoms with Gasteiger partial charge in [0.05, 0.1) is 17.5 Å². The molecule has 1 aromatic heterocycles. The van der Waals surface area contributed by atoms with Crippen molar-refractivity contribution in [3.63, 3.8) is 0 Å². The maximum atomic E-state index is 14.2. The molecule has 2 aliphatic heterocycles. The Balaban J connectivity index is 1.43. The molecule has 2 unspecified atom stereocenters. The van der Waals surface area contributed by atoms with Crippen molar-refractivity contribution in [2.45, 2.75) is 32.0 Å². The third-order valence-electron chi connectivity index (χ3n) is 7.23. The Morgan fingerprint density at radius 2 is 1.74 bits per heavy atom. The van der Waals surface area contributed by atoms with Gasteiger partial charge in [0, 0.05) is 48.9 Å². The lowest BCUT2D eigenvalue weighted by Crippen LogP contribution is -2.53. The molecule has 1 saturated heterocycles. The van der Waals surface area contributed by atoms with Crippen LogP contribution >= 0.6 is 11.3 Å². The molecule has 5 nitrogen and oxygen atoms in total. The van der Waals surface area contributed by atoms with Crippen LogP contribution in [-0.4, -0.2) is 54.3 Å². The van der Waals surface area contributed by atoms with Crippen molar-refractivity contribution in [3.8, 4) is 0 Å². The van der Waals surface area contributed by atoms with Crippen LogP contribution in [0.1, 0.15) is 52.2 Å². The van der Waals surface area contributed by atoms with Gasteiger partial charge in [-0.15, -0.1) is 11.3 Å². The first-order valence-corrected chi connectivity index (χ1v) is 13.7. The Kier molecular flexibility index (Phi) is 7.22. The summed E-state index contributed by atoms with van der Waals surface area (Å²) in [7, 11) is 0. The maximum Gasteiger partial charge on any atom is 0.416 e. The Bertz CT molecular complexity index is 1300. The summed E-state index contributed by atoms with van der Waals surface area (Å²) in [4.78, 5) is 34.3. The number of nitrogens with zero attached hydrogens (tertiary/aromatic N) is 3. The molecule has 0 aliphatic carbocycles. The number of piperazine rings is 1. The van der Waals surface area contributed by atoms with E-state index >= 15 is 0 Å². The predicted molar refractivity (Wildman–Crippen MR) is 142 cm³/mol. The van der Waals surface area contributed by atoms with Gasteiger partial charge >= 0.3 is 6.18 Å². The smallest absolute Gasteiger partial charge is 0.368 e. The number of amides is 2. The van der Waals surface area contributed by atoms with E-state index < -0.39 is 23.7 Å². The van der Waals surface area contributed by atoms with Crippen molar-refractivity contribution < 1.29 is 22.8 Å². The third-order valence-corrected chi connectivity index (χ3v) is 8.17. The van der Waals surface area contributed by atoms with E-state index in [-0.39, 0.29) is 17.7 Å². The first-order chi connectivity index (χ1) is 18.1. The van der Waals surface area contributed by atoms with Gasteiger partial charge < -0.3 is 14.7 Å². The van der Waals surface area contributed by atoms with E-state index in [1.54, 1.807) is 28.4 Å². The molecule has 1 fully saturated rings. The van der Waals surface area contributed by atoms with E-state index in [0.29, 0.717) is 44.0 Å². The standard InChI is InChI=1S/C29H30F3N3O2S/c1-19(2)18-35-26(24-11-6-16-38-24)25(22-9-3-4-10-23(22)27(35)36)28(37)34-14-12-33(13-15-34)21-8-5-7-20(17-21)29(30,31)32/h3-11,16-17,19,25-26H,12-15,18H2,1-2H3. The molecule has 0 spiro atoms. The molecule has 5 rings (SSSR count). The zero-order valence-corrected chi connectivity index (χ0v) is 22.1. The van der Waals surface area contributed by atoms with Crippen LogP contribution in [0.15, 0.2) is 66.0 Å². The molecule has 0 saturated carbocycles. The fourth-order valence-electron chi connectivity index (χ4n) is 5.49. The molecular formula is C29H30F3N3O2S. The fourth-order valence-corrected chi connectivity index (χ4v) is 6.36. The number of fused-ring (bicyclic) bond motifs is 1. The van der Waals surface area contributed by atoms with E-state index in [9.17, 15) is 22.8 Å². The minimum absolute atomic E-state index is 0.0548. The predicted octanol–water partition coefficient (Wildman–Crippen LogP) is 6.05. The van der Waals surface area contributed by atoms with Crippen molar-refractivity contribution in [2.24, 2.45) is 5.92 Å². The van der Waals surface area contributed by atoms with Crippen LogP contribution in [-0.2, 0) is 11.0 Å². The van der Waals surface area contributed by atoms with Crippen LogP contribution in [0.4, 0.5) is 18.9 Å². The van der Waals surface area contributed by atoms with Gasteiger partial charge in [-0.3, -0.25) is 9.59 Å². The molecule has 200 valence electrons. The molecule has 3 heterocycles. The summed E-state index contributed by atoms with van der Waals surface area (Å²) < 4.78 is 39.7. The first kappa shape index (κ1) is 26.3. The van der Waals surface area contributed by atoms with E-state index in [1.165, 1.54) is 6.07 Å². The number of hydrogen-bond acceptors (Lipinski definition) is 4. The summed E-state index contributed by atoms with van der Waals surface area (Å²) in [5, 5.41) is 1.96. The van der Waals surface area contributed by atoms with Crippen LogP contribution in [0.5, 0.6) is 0 Å². The Morgan fingerprint density at radius 1 is 1.00 bits per heavy atom. The van der Waals surface area contributed by atoms with E-state index in [2.05, 4.69) is 13.8 Å². The summed E-state index contributed by atoms with van der Waals surface area (Å²) in [5.41, 5.74) is 1.12. The average molecular weight is 542 g/mol. The second kappa shape index (κ2) is 10.4. The number of benzene rings is 2. The molecule has 2 aromatic carbocycles. The molecule has 2 aliphatic rings. The number of carbonyl (C=O) groups excluding carboxylic acids is 2. The lowest BCUT2D eigenvalue weighted by molar-refractivity contribution is -0.137. The van der Waals surface area contributed by atoms with Crippen LogP contribution in [0.25, 0.3) is 0 Å². The van der Waals surface area contributed by atoms with E-state index in [1.807, 2.05) is 45.5 Å². The van der Waals surface area contributed by atoms with Crippen LogP contribution in [0, 0.1) is 5.92 Å². The van der Waals surface area contributed by atoms with Gasteiger partial charge in [-0.2, -0.15) is 13.2 Å². The molecule has 0 radical (unpaired) electrons. The lowest BCUT2D eigenvalue weighted by atomic mass is 9.80. The van der Waals surface area contributed by atoms with Gasteiger partial charge in [-0.1, -0.05) is 44.2 Å². The van der Waals surface area contributed by atoms with Crippen LogP contribution in [0.3, 0.4) is 0 Å². The molecule has 3 aromatic rings. The van der Waals surface area contributed by atoms with Crippen molar-refractivity contribution in [1.29, 1.82) is 0 Å². The largest absolute Gasteiger partial charge is 0.416 e. The SMILES string of the molecule is CC(C)CN1C(=O)c2ccccc2C(C(=O)N2CCN(c3cccc(C(F)(F)F)c3)CC2)C1c1cccs1. The van der Waals surface area contributed by atoms with E-state index in [4.69, 9.17) is 0 Å². The second-order valence-electron chi connectivity index (χ2n) is 10.2. The molecule has 38 heavy (non-hydrogen) atoms. The summed E-state index contributed by atoms with van der Waals surface area (Å²) in [5.74, 6) is -0.452. The van der Waals surface area contributed by atoms with Gasteiger partial charge in [0.25, 0.3) is 5.91 Å². The number of carbonyl (C=O) groups is 2. The summed E-state index contributed by atoms with van der Waals surface area (Å²) >= 11 is 1.54. The molecule has 2 atom stereocenters. The molecule has 9 heteroatoms. The number of alkyl halides is 3. The Hall–Kier alpha value is -3.33. The average Bonchev–Trinajstić information content (AvgIpc) is 3.44. The monoisotopic (exact) mass is 541 g/mol. The third kappa shape index (κ3) is 5.04. The number of anilines is 1. The molecular weight excluding hydrogens is 511 g/mol. The number of rotatable bonds is 5. The number of hydrogen-bond donors (Lipinski definition) is 0. The van der Waals surface area contributed by atoms with Crippen molar-refractivity contribution in [1.82, 2.24) is 9.80 Å². The van der Waals surface area contributed by atoms with Gasteiger partial charge in [-0.05, 0) is 47.2 Å². The summed E-state index contributed by atoms with van der Waals surface area (Å²) in [6, 6.07) is 16.2. The normalized spacial score (nSPS) is 20.2. The zero-order chi connectivity index (χ0) is 27.0. The molecule has 2 amide bonds. The van der Waals surface area contributed by atoms with Crippen molar-refractivity contribution >= 4 is 28.8 Å². The second-order valence-corrected chi connectivity index (χ2v) is 11.2. The molecule has 0 N–H and O–H groups in total. The highest BCUT2D eigenvalue weighted by molar-refractivity contribution is 7.10. The van der Waals surface area contributed by atoms with Gasteiger partial charge in [0.15, 0.2) is 0 Å². The first-order valence-electron chi connectivity index (χ1n) is 12.8. The Labute approximate surface area is 224 Å². The minimum Gasteiger partial charge on any atom is -0.368 e. The summed E-state index contributed by atoms with van der Waals surface area (Å²) in [6.07, 6.45) is -4.40. The number of thiophene rings is 1. The van der Waals surface area contributed by atoms with Gasteiger partial charge in [-0.25, -0.2) is 0 Å². The van der Waals surface area contributed by atoms with Crippen LogP contribution in [0.2, 0.25) is 0 Å². The zero-order valence-electron chi connectivity index (χ0n) is 21.3. The number of halogens is 3. The van der Waals surface area contributed by atoms with Crippen molar-refractivity contribution in [3.05, 3.63) is 87.6 Å². The van der Waals surface area contributed by atoms with Crippen molar-refractivity contribution in [2.75, 3.05) is 37.6 Å². The van der Waals surface area contributed by atoms with Crippen LogP contribution < -0.4 is 4.90 Å².